The molecule has 0 spiro atoms. The summed E-state index contributed by atoms with van der Waals surface area (Å²) in [5, 5.41) is 1.21. The monoisotopic (exact) mass is 164 g/mol. The summed E-state index contributed by atoms with van der Waals surface area (Å²) < 4.78 is 0. The van der Waals surface area contributed by atoms with Gasteiger partial charge >= 0.3 is 0 Å². The van der Waals surface area contributed by atoms with Gasteiger partial charge in [0.2, 0.25) is 0 Å². The summed E-state index contributed by atoms with van der Waals surface area (Å²) in [6, 6.07) is 5.78. The molecule has 2 heterocycles. The van der Waals surface area contributed by atoms with Gasteiger partial charge in [0.25, 0.3) is 0 Å². The van der Waals surface area contributed by atoms with Gasteiger partial charge in [0.05, 0.1) is 5.04 Å². The predicted molar refractivity (Wildman–Crippen MR) is 48.4 cm³/mol. The molecule has 1 aromatic rings. The summed E-state index contributed by atoms with van der Waals surface area (Å²) in [4.78, 5) is 8.43. The third-order valence-corrected chi connectivity index (χ3v) is 2.51. The van der Waals surface area contributed by atoms with Crippen LogP contribution in [0.5, 0.6) is 0 Å². The zero-order valence-electron chi connectivity index (χ0n) is 6.03. The fourth-order valence-corrected chi connectivity index (χ4v) is 1.37. The van der Waals surface area contributed by atoms with Crippen molar-refractivity contribution in [2.24, 2.45) is 4.99 Å². The molecule has 1 aliphatic rings. The third kappa shape index (κ3) is 1.60. The summed E-state index contributed by atoms with van der Waals surface area (Å²) in [5.74, 6) is 2.04. The highest BCUT2D eigenvalue weighted by atomic mass is 32.2. The Kier molecular flexibility index (Phi) is 1.90. The Labute approximate surface area is 69.8 Å². The van der Waals surface area contributed by atoms with E-state index in [1.165, 1.54) is 10.8 Å². The van der Waals surface area contributed by atoms with Crippen LogP contribution in [-0.4, -0.2) is 15.8 Å². The van der Waals surface area contributed by atoms with Gasteiger partial charge in [-0.15, -0.1) is 11.8 Å². The molecule has 11 heavy (non-hydrogen) atoms. The Morgan fingerprint density at radius 2 is 2.36 bits per heavy atom. The SMILES string of the molecule is c1ccc(N=C2CCS2)nc1. The van der Waals surface area contributed by atoms with Crippen molar-refractivity contribution in [1.29, 1.82) is 0 Å². The number of aliphatic imine (C=N–C) groups is 1. The Hall–Kier alpha value is -0.830. The molecule has 0 aliphatic carbocycles. The van der Waals surface area contributed by atoms with Crippen LogP contribution in [0, 0.1) is 0 Å². The molecule has 0 radical (unpaired) electrons. The number of hydrogen-bond acceptors (Lipinski definition) is 3. The molecule has 2 rings (SSSR count). The molecule has 0 amide bonds. The molecule has 1 aliphatic heterocycles. The van der Waals surface area contributed by atoms with Crippen molar-refractivity contribution in [2.75, 3.05) is 5.75 Å². The first kappa shape index (κ1) is 6.85. The topological polar surface area (TPSA) is 25.2 Å². The zero-order chi connectivity index (χ0) is 7.52. The van der Waals surface area contributed by atoms with Gasteiger partial charge in [0.1, 0.15) is 0 Å². The average molecular weight is 164 g/mol. The van der Waals surface area contributed by atoms with Gasteiger partial charge < -0.3 is 0 Å². The minimum absolute atomic E-state index is 0.828. The normalized spacial score (nSPS) is 19.8. The summed E-state index contributed by atoms with van der Waals surface area (Å²) in [6.07, 6.45) is 2.89. The van der Waals surface area contributed by atoms with Crippen molar-refractivity contribution in [3.8, 4) is 0 Å². The van der Waals surface area contributed by atoms with Crippen LogP contribution in [0.2, 0.25) is 0 Å². The minimum Gasteiger partial charge on any atom is -0.237 e. The molecule has 3 heteroatoms. The van der Waals surface area contributed by atoms with Gasteiger partial charge in [0, 0.05) is 18.4 Å². The van der Waals surface area contributed by atoms with Crippen molar-refractivity contribution in [1.82, 2.24) is 4.98 Å². The molecule has 0 unspecified atom stereocenters. The van der Waals surface area contributed by atoms with Gasteiger partial charge in [0.15, 0.2) is 5.82 Å². The van der Waals surface area contributed by atoms with E-state index in [1.54, 1.807) is 6.20 Å². The smallest absolute Gasteiger partial charge is 0.152 e. The van der Waals surface area contributed by atoms with Crippen molar-refractivity contribution in [2.45, 2.75) is 6.42 Å². The first-order valence-electron chi connectivity index (χ1n) is 3.56. The van der Waals surface area contributed by atoms with Crippen LogP contribution in [0.4, 0.5) is 5.82 Å². The highest BCUT2D eigenvalue weighted by molar-refractivity contribution is 8.15. The zero-order valence-corrected chi connectivity index (χ0v) is 6.84. The van der Waals surface area contributed by atoms with Crippen LogP contribution < -0.4 is 0 Å². The lowest BCUT2D eigenvalue weighted by atomic mass is 10.4. The number of thioether (sulfide) groups is 1. The van der Waals surface area contributed by atoms with E-state index >= 15 is 0 Å². The summed E-state index contributed by atoms with van der Waals surface area (Å²) in [6.45, 7) is 0. The Morgan fingerprint density at radius 3 is 2.91 bits per heavy atom. The fraction of sp³-hybridized carbons (Fsp3) is 0.250. The van der Waals surface area contributed by atoms with Crippen LogP contribution in [0.1, 0.15) is 6.42 Å². The number of pyridine rings is 1. The summed E-state index contributed by atoms with van der Waals surface area (Å²) >= 11 is 1.81. The van der Waals surface area contributed by atoms with Crippen molar-refractivity contribution < 1.29 is 0 Å². The van der Waals surface area contributed by atoms with E-state index in [1.807, 2.05) is 30.0 Å². The van der Waals surface area contributed by atoms with Crippen LogP contribution in [0.15, 0.2) is 29.4 Å². The first-order chi connectivity index (χ1) is 5.45. The van der Waals surface area contributed by atoms with E-state index in [4.69, 9.17) is 0 Å². The summed E-state index contributed by atoms with van der Waals surface area (Å²) in [7, 11) is 0. The molecule has 1 fully saturated rings. The van der Waals surface area contributed by atoms with Crippen LogP contribution in [0.3, 0.4) is 0 Å². The lowest BCUT2D eigenvalue weighted by Crippen LogP contribution is -2.06. The van der Waals surface area contributed by atoms with E-state index in [-0.39, 0.29) is 0 Å². The van der Waals surface area contributed by atoms with Gasteiger partial charge in [-0.1, -0.05) is 6.07 Å². The predicted octanol–water partition coefficient (Wildman–Crippen LogP) is 2.25. The highest BCUT2D eigenvalue weighted by Crippen LogP contribution is 2.23. The highest BCUT2D eigenvalue weighted by Gasteiger charge is 2.10. The molecule has 0 bridgehead atoms. The van der Waals surface area contributed by atoms with Crippen LogP contribution in [-0.2, 0) is 0 Å². The lowest BCUT2D eigenvalue weighted by Gasteiger charge is -2.12. The van der Waals surface area contributed by atoms with Gasteiger partial charge in [-0.2, -0.15) is 0 Å². The Balaban J connectivity index is 2.17. The quantitative estimate of drug-likeness (QED) is 0.636. The molecule has 1 saturated heterocycles. The maximum atomic E-state index is 4.33. The van der Waals surface area contributed by atoms with Gasteiger partial charge in [-0.25, -0.2) is 9.98 Å². The maximum Gasteiger partial charge on any atom is 0.152 e. The van der Waals surface area contributed by atoms with Crippen LogP contribution in [0.25, 0.3) is 0 Å². The minimum atomic E-state index is 0.828. The van der Waals surface area contributed by atoms with E-state index in [0.29, 0.717) is 0 Å². The number of hydrogen-bond donors (Lipinski definition) is 0. The van der Waals surface area contributed by atoms with Crippen LogP contribution >= 0.6 is 11.8 Å². The molecular weight excluding hydrogens is 156 g/mol. The van der Waals surface area contributed by atoms with Crippen molar-refractivity contribution in [3.63, 3.8) is 0 Å². The first-order valence-corrected chi connectivity index (χ1v) is 4.55. The molecular formula is C8H8N2S. The lowest BCUT2D eigenvalue weighted by molar-refractivity contribution is 1.23. The number of nitrogens with zero attached hydrogens (tertiary/aromatic N) is 2. The Bertz CT molecular complexity index is 263. The third-order valence-electron chi connectivity index (χ3n) is 1.47. The van der Waals surface area contributed by atoms with E-state index in [0.717, 1.165) is 12.2 Å². The van der Waals surface area contributed by atoms with Gasteiger partial charge in [-0.3, -0.25) is 0 Å². The fourth-order valence-electron chi connectivity index (χ4n) is 0.829. The molecule has 1 aromatic heterocycles. The summed E-state index contributed by atoms with van der Waals surface area (Å²) in [5.41, 5.74) is 0. The second-order valence-corrected chi connectivity index (χ2v) is 3.46. The molecule has 0 saturated carbocycles. The standard InChI is InChI=1S/C8H8N2S/c1-2-5-9-7(3-1)10-8-4-6-11-8/h1-3,5H,4,6H2. The molecule has 0 atom stereocenters. The number of rotatable bonds is 1. The van der Waals surface area contributed by atoms with E-state index < -0.39 is 0 Å². The average Bonchev–Trinajstić information content (AvgIpc) is 1.99. The maximum absolute atomic E-state index is 4.33. The second-order valence-electron chi connectivity index (χ2n) is 2.29. The second kappa shape index (κ2) is 3.05. The number of aromatic nitrogens is 1. The van der Waals surface area contributed by atoms with E-state index in [2.05, 4.69) is 9.98 Å². The van der Waals surface area contributed by atoms with Gasteiger partial charge in [-0.05, 0) is 12.1 Å². The van der Waals surface area contributed by atoms with Crippen molar-refractivity contribution >= 4 is 22.6 Å². The molecule has 0 N–H and O–H groups in total. The molecule has 56 valence electrons. The van der Waals surface area contributed by atoms with E-state index in [9.17, 15) is 0 Å². The van der Waals surface area contributed by atoms with Crippen molar-refractivity contribution in [3.05, 3.63) is 24.4 Å². The molecule has 2 nitrogen and oxygen atoms in total. The largest absolute Gasteiger partial charge is 0.237 e. The Morgan fingerprint density at radius 1 is 1.45 bits per heavy atom. The molecule has 0 aromatic carbocycles.